The van der Waals surface area contributed by atoms with Crippen molar-refractivity contribution >= 4 is 22.9 Å². The zero-order valence-electron chi connectivity index (χ0n) is 15.0. The first-order valence-corrected chi connectivity index (χ1v) is 9.16. The number of carbonyl (C=O) groups excluding carboxylic acids is 1. The van der Waals surface area contributed by atoms with Gasteiger partial charge in [-0.3, -0.25) is 9.69 Å². The molecule has 0 bridgehead atoms. The van der Waals surface area contributed by atoms with Crippen molar-refractivity contribution in [3.05, 3.63) is 65.6 Å². The standard InChI is InChI=1S/C21H22FN3O2/c22-16-3-6-20-18(13-16)19(21(26)24-20)14-23-17-4-1-15(2-5-17)7-8-25-9-11-27-12-10-25/h1-6,13-14,23H,7-12H2,(H,24,26)/b19-14-. The van der Waals surface area contributed by atoms with Gasteiger partial charge in [0.2, 0.25) is 0 Å². The van der Waals surface area contributed by atoms with Crippen LogP contribution in [0.1, 0.15) is 11.1 Å². The van der Waals surface area contributed by atoms with E-state index in [4.69, 9.17) is 4.74 Å². The zero-order valence-corrected chi connectivity index (χ0v) is 15.0. The van der Waals surface area contributed by atoms with Crippen LogP contribution in [0.2, 0.25) is 0 Å². The Bertz CT molecular complexity index is 858. The minimum absolute atomic E-state index is 0.231. The van der Waals surface area contributed by atoms with Crippen LogP contribution in [-0.4, -0.2) is 43.7 Å². The molecular weight excluding hydrogens is 345 g/mol. The molecule has 140 valence electrons. The van der Waals surface area contributed by atoms with E-state index in [1.54, 1.807) is 12.3 Å². The molecule has 1 amide bonds. The maximum atomic E-state index is 13.5. The molecule has 2 aromatic rings. The average molecular weight is 367 g/mol. The van der Waals surface area contributed by atoms with E-state index in [2.05, 4.69) is 27.7 Å². The molecule has 2 aliphatic rings. The molecule has 2 aromatic carbocycles. The van der Waals surface area contributed by atoms with Crippen molar-refractivity contribution in [2.75, 3.05) is 43.5 Å². The molecule has 0 saturated carbocycles. The normalized spacial score (nSPS) is 18.4. The molecule has 1 saturated heterocycles. The summed E-state index contributed by atoms with van der Waals surface area (Å²) in [5, 5.41) is 5.88. The minimum Gasteiger partial charge on any atom is -0.379 e. The Kier molecular flexibility index (Phi) is 5.18. The van der Waals surface area contributed by atoms with Gasteiger partial charge >= 0.3 is 0 Å². The van der Waals surface area contributed by atoms with Crippen molar-refractivity contribution in [1.82, 2.24) is 4.90 Å². The number of nitrogens with zero attached hydrogens (tertiary/aromatic N) is 1. The molecule has 1 fully saturated rings. The van der Waals surface area contributed by atoms with Crippen LogP contribution < -0.4 is 10.6 Å². The molecule has 0 unspecified atom stereocenters. The van der Waals surface area contributed by atoms with Crippen molar-refractivity contribution in [3.63, 3.8) is 0 Å². The van der Waals surface area contributed by atoms with Gasteiger partial charge < -0.3 is 15.4 Å². The van der Waals surface area contributed by atoms with Crippen molar-refractivity contribution in [2.24, 2.45) is 0 Å². The number of halogens is 1. The number of hydrogen-bond acceptors (Lipinski definition) is 4. The number of morpholine rings is 1. The van der Waals surface area contributed by atoms with Gasteiger partial charge in [-0.25, -0.2) is 4.39 Å². The molecule has 2 heterocycles. The minimum atomic E-state index is -0.360. The second-order valence-corrected chi connectivity index (χ2v) is 6.75. The average Bonchev–Trinajstić information content (AvgIpc) is 3.01. The monoisotopic (exact) mass is 367 g/mol. The second-order valence-electron chi connectivity index (χ2n) is 6.75. The molecular formula is C21H22FN3O2. The summed E-state index contributed by atoms with van der Waals surface area (Å²) >= 11 is 0. The lowest BCUT2D eigenvalue weighted by molar-refractivity contribution is -0.110. The molecule has 2 aliphatic heterocycles. The maximum absolute atomic E-state index is 13.5. The van der Waals surface area contributed by atoms with E-state index in [1.165, 1.54) is 17.7 Å². The summed E-state index contributed by atoms with van der Waals surface area (Å²) in [7, 11) is 0. The molecule has 0 radical (unpaired) electrons. The Balaban J connectivity index is 1.38. The summed E-state index contributed by atoms with van der Waals surface area (Å²) in [6.07, 6.45) is 2.62. The van der Waals surface area contributed by atoms with E-state index >= 15 is 0 Å². The van der Waals surface area contributed by atoms with Gasteiger partial charge in [0.15, 0.2) is 0 Å². The Morgan fingerprint density at radius 1 is 1.15 bits per heavy atom. The number of anilines is 2. The third kappa shape index (κ3) is 4.18. The first-order valence-electron chi connectivity index (χ1n) is 9.16. The summed E-state index contributed by atoms with van der Waals surface area (Å²) in [6.45, 7) is 4.66. The van der Waals surface area contributed by atoms with Crippen LogP contribution in [0.3, 0.4) is 0 Å². The number of nitrogens with one attached hydrogen (secondary N) is 2. The summed E-state index contributed by atoms with van der Waals surface area (Å²) in [4.78, 5) is 14.5. The predicted molar refractivity (Wildman–Crippen MR) is 104 cm³/mol. The van der Waals surface area contributed by atoms with E-state index in [1.807, 2.05) is 12.1 Å². The number of hydrogen-bond donors (Lipinski definition) is 2. The molecule has 4 rings (SSSR count). The highest BCUT2D eigenvalue weighted by Gasteiger charge is 2.24. The second kappa shape index (κ2) is 7.90. The van der Waals surface area contributed by atoms with Gasteiger partial charge in [-0.2, -0.15) is 0 Å². The summed E-state index contributed by atoms with van der Waals surface area (Å²) in [6, 6.07) is 12.4. The van der Waals surface area contributed by atoms with Crippen LogP contribution in [0.25, 0.3) is 5.57 Å². The van der Waals surface area contributed by atoms with E-state index < -0.39 is 0 Å². The molecule has 2 N–H and O–H groups in total. The first kappa shape index (κ1) is 17.7. The van der Waals surface area contributed by atoms with E-state index in [0.29, 0.717) is 16.8 Å². The quantitative estimate of drug-likeness (QED) is 0.798. The van der Waals surface area contributed by atoms with Gasteiger partial charge in [-0.05, 0) is 42.3 Å². The lowest BCUT2D eigenvalue weighted by Gasteiger charge is -2.26. The molecule has 0 spiro atoms. The van der Waals surface area contributed by atoms with Crippen LogP contribution >= 0.6 is 0 Å². The van der Waals surface area contributed by atoms with Crippen LogP contribution in [0.4, 0.5) is 15.8 Å². The third-order valence-electron chi connectivity index (χ3n) is 4.92. The SMILES string of the molecule is O=C1Nc2ccc(F)cc2/C1=C/Nc1ccc(CCN2CCOCC2)cc1. The van der Waals surface area contributed by atoms with Gasteiger partial charge in [0.1, 0.15) is 5.82 Å². The van der Waals surface area contributed by atoms with Crippen molar-refractivity contribution in [1.29, 1.82) is 0 Å². The third-order valence-corrected chi connectivity index (χ3v) is 4.92. The highest BCUT2D eigenvalue weighted by Crippen LogP contribution is 2.32. The molecule has 0 aliphatic carbocycles. The molecule has 27 heavy (non-hydrogen) atoms. The highest BCUT2D eigenvalue weighted by molar-refractivity contribution is 6.31. The highest BCUT2D eigenvalue weighted by atomic mass is 19.1. The fourth-order valence-electron chi connectivity index (χ4n) is 3.34. The molecule has 5 nitrogen and oxygen atoms in total. The first-order chi connectivity index (χ1) is 13.2. The Labute approximate surface area is 157 Å². The Hall–Kier alpha value is -2.70. The molecule has 0 aromatic heterocycles. The largest absolute Gasteiger partial charge is 0.379 e. The fraction of sp³-hybridized carbons (Fsp3) is 0.286. The van der Waals surface area contributed by atoms with Crippen LogP contribution in [-0.2, 0) is 16.0 Å². The van der Waals surface area contributed by atoms with E-state index in [-0.39, 0.29) is 11.7 Å². The van der Waals surface area contributed by atoms with Crippen LogP contribution in [0.15, 0.2) is 48.7 Å². The lowest BCUT2D eigenvalue weighted by Crippen LogP contribution is -2.37. The fourth-order valence-corrected chi connectivity index (χ4v) is 3.34. The van der Waals surface area contributed by atoms with Gasteiger partial charge in [0.05, 0.1) is 18.8 Å². The van der Waals surface area contributed by atoms with E-state index in [9.17, 15) is 9.18 Å². The van der Waals surface area contributed by atoms with Gasteiger partial charge in [0, 0.05) is 42.8 Å². The summed E-state index contributed by atoms with van der Waals surface area (Å²) in [5.41, 5.74) is 3.80. The molecule has 6 heteroatoms. The van der Waals surface area contributed by atoms with E-state index in [0.717, 1.165) is 45.0 Å². The van der Waals surface area contributed by atoms with Gasteiger partial charge in [0.25, 0.3) is 5.91 Å². The van der Waals surface area contributed by atoms with Crippen LogP contribution in [0.5, 0.6) is 0 Å². The Morgan fingerprint density at radius 2 is 1.93 bits per heavy atom. The van der Waals surface area contributed by atoms with Gasteiger partial charge in [-0.15, -0.1) is 0 Å². The van der Waals surface area contributed by atoms with Gasteiger partial charge in [-0.1, -0.05) is 12.1 Å². The number of amides is 1. The summed E-state index contributed by atoms with van der Waals surface area (Å²) < 4.78 is 18.8. The smallest absolute Gasteiger partial charge is 0.257 e. The summed E-state index contributed by atoms with van der Waals surface area (Å²) in [5.74, 6) is -0.592. The molecule has 0 atom stereocenters. The lowest BCUT2D eigenvalue weighted by atomic mass is 10.1. The zero-order chi connectivity index (χ0) is 18.6. The topological polar surface area (TPSA) is 53.6 Å². The Morgan fingerprint density at radius 3 is 2.70 bits per heavy atom. The number of rotatable bonds is 5. The van der Waals surface area contributed by atoms with Crippen LogP contribution in [0, 0.1) is 5.82 Å². The van der Waals surface area contributed by atoms with Crippen molar-refractivity contribution in [2.45, 2.75) is 6.42 Å². The van der Waals surface area contributed by atoms with Crippen molar-refractivity contribution in [3.8, 4) is 0 Å². The number of ether oxygens (including phenoxy) is 1. The predicted octanol–water partition coefficient (Wildman–Crippen LogP) is 3.11. The number of fused-ring (bicyclic) bond motifs is 1. The number of benzene rings is 2. The van der Waals surface area contributed by atoms with Crippen molar-refractivity contribution < 1.29 is 13.9 Å². The maximum Gasteiger partial charge on any atom is 0.257 e. The number of carbonyl (C=O) groups is 1.